The van der Waals surface area contributed by atoms with E-state index < -0.39 is 23.2 Å². The van der Waals surface area contributed by atoms with Crippen molar-refractivity contribution in [2.45, 2.75) is 0 Å². The number of hydrogen-bond acceptors (Lipinski definition) is 8. The van der Waals surface area contributed by atoms with Crippen molar-refractivity contribution >= 4 is 28.7 Å². The number of aromatic nitrogens is 1. The summed E-state index contributed by atoms with van der Waals surface area (Å²) < 4.78 is 0. The molecular formula is C17H13N3O5S. The summed E-state index contributed by atoms with van der Waals surface area (Å²) in [6.45, 7) is 0. The summed E-state index contributed by atoms with van der Waals surface area (Å²) >= 11 is 1.30. The molecule has 0 aliphatic heterocycles. The highest BCUT2D eigenvalue weighted by atomic mass is 32.1. The van der Waals surface area contributed by atoms with Crippen LogP contribution >= 0.6 is 11.3 Å². The highest BCUT2D eigenvalue weighted by molar-refractivity contribution is 7.14. The molecule has 2 aromatic carbocycles. The summed E-state index contributed by atoms with van der Waals surface area (Å²) in [5.74, 6) is -2.51. The van der Waals surface area contributed by atoms with Crippen molar-refractivity contribution in [2.24, 2.45) is 5.10 Å². The van der Waals surface area contributed by atoms with Gasteiger partial charge >= 0.3 is 5.97 Å². The molecule has 3 rings (SSSR count). The fraction of sp³-hybridized carbons (Fsp3) is 0. The van der Waals surface area contributed by atoms with Crippen LogP contribution in [-0.2, 0) is 0 Å². The molecule has 0 fully saturated rings. The lowest BCUT2D eigenvalue weighted by atomic mass is 10.1. The number of rotatable bonds is 5. The van der Waals surface area contributed by atoms with Crippen molar-refractivity contribution in [2.75, 3.05) is 5.43 Å². The predicted molar refractivity (Wildman–Crippen MR) is 97.2 cm³/mol. The van der Waals surface area contributed by atoms with E-state index in [4.69, 9.17) is 5.11 Å². The lowest BCUT2D eigenvalue weighted by molar-refractivity contribution is 0.0697. The average molecular weight is 371 g/mol. The maximum atomic E-state index is 10.9. The van der Waals surface area contributed by atoms with Gasteiger partial charge in [-0.05, 0) is 24.3 Å². The third kappa shape index (κ3) is 3.57. The Morgan fingerprint density at radius 1 is 1.08 bits per heavy atom. The van der Waals surface area contributed by atoms with E-state index in [2.05, 4.69) is 15.5 Å². The van der Waals surface area contributed by atoms with Gasteiger partial charge in [-0.15, -0.1) is 11.3 Å². The first kappa shape index (κ1) is 17.2. The molecule has 0 saturated heterocycles. The normalized spacial score (nSPS) is 10.9. The number of thiazole rings is 1. The van der Waals surface area contributed by atoms with E-state index in [1.54, 1.807) is 17.5 Å². The highest BCUT2D eigenvalue weighted by Gasteiger charge is 2.09. The minimum atomic E-state index is -0.991. The minimum absolute atomic E-state index is 0.198. The highest BCUT2D eigenvalue weighted by Crippen LogP contribution is 2.36. The maximum Gasteiger partial charge on any atom is 0.335 e. The number of aromatic carboxylic acids is 1. The van der Waals surface area contributed by atoms with Crippen molar-refractivity contribution in [1.82, 2.24) is 4.98 Å². The first-order valence-electron chi connectivity index (χ1n) is 7.28. The minimum Gasteiger partial charge on any atom is -0.504 e. The number of carboxylic acids is 1. The molecule has 9 heteroatoms. The summed E-state index contributed by atoms with van der Waals surface area (Å²) in [6, 6.07) is 8.97. The number of phenolic OH excluding ortho intramolecular Hbond substituents is 3. The second-order valence-corrected chi connectivity index (χ2v) is 6.02. The van der Waals surface area contributed by atoms with Gasteiger partial charge in [0.25, 0.3) is 0 Å². The first-order valence-corrected chi connectivity index (χ1v) is 8.16. The summed E-state index contributed by atoms with van der Waals surface area (Å²) in [4.78, 5) is 15.2. The van der Waals surface area contributed by atoms with Gasteiger partial charge in [-0.25, -0.2) is 9.78 Å². The number of aromatic hydroxyl groups is 3. The zero-order valence-corrected chi connectivity index (χ0v) is 13.9. The van der Waals surface area contributed by atoms with Gasteiger partial charge in [-0.3, -0.25) is 5.43 Å². The van der Waals surface area contributed by atoms with Gasteiger partial charge in [0.15, 0.2) is 11.5 Å². The number of phenols is 3. The Bertz CT molecular complexity index is 983. The molecule has 8 nitrogen and oxygen atoms in total. The van der Waals surface area contributed by atoms with Crippen LogP contribution in [0.1, 0.15) is 15.9 Å². The number of carbonyl (C=O) groups is 1. The van der Waals surface area contributed by atoms with E-state index in [1.165, 1.54) is 41.8 Å². The molecule has 0 unspecified atom stereocenters. The topological polar surface area (TPSA) is 135 Å². The second kappa shape index (κ2) is 7.11. The van der Waals surface area contributed by atoms with E-state index in [0.717, 1.165) is 5.56 Å². The lowest BCUT2D eigenvalue weighted by Gasteiger charge is -2.03. The number of nitrogens with zero attached hydrogens (tertiary/aromatic N) is 2. The fourth-order valence-electron chi connectivity index (χ4n) is 2.09. The third-order valence-electron chi connectivity index (χ3n) is 3.46. The van der Waals surface area contributed by atoms with Gasteiger partial charge in [-0.1, -0.05) is 12.1 Å². The van der Waals surface area contributed by atoms with Crippen LogP contribution in [0.5, 0.6) is 17.2 Å². The van der Waals surface area contributed by atoms with E-state index >= 15 is 0 Å². The van der Waals surface area contributed by atoms with Crippen molar-refractivity contribution in [1.29, 1.82) is 0 Å². The molecule has 1 aromatic heterocycles. The lowest BCUT2D eigenvalue weighted by Crippen LogP contribution is -1.95. The molecule has 0 atom stereocenters. The first-order chi connectivity index (χ1) is 12.5. The van der Waals surface area contributed by atoms with Crippen LogP contribution in [0.4, 0.5) is 5.13 Å². The maximum absolute atomic E-state index is 10.9. The largest absolute Gasteiger partial charge is 0.504 e. The smallest absolute Gasteiger partial charge is 0.335 e. The Hall–Kier alpha value is -3.59. The van der Waals surface area contributed by atoms with Gasteiger partial charge in [0.2, 0.25) is 10.9 Å². The molecule has 3 aromatic rings. The third-order valence-corrected chi connectivity index (χ3v) is 4.20. The van der Waals surface area contributed by atoms with Crippen LogP contribution < -0.4 is 5.43 Å². The molecule has 0 amide bonds. The standard InChI is InChI=1S/C17H13N3O5S/c21-13-6-5-11(14(22)15(13)23)7-18-20-17-19-12(8-26-17)9-1-3-10(4-2-9)16(24)25/h1-8,21-23H,(H,19,20)(H,24,25)/b18-7+. The summed E-state index contributed by atoms with van der Waals surface area (Å²) in [7, 11) is 0. The fourth-order valence-corrected chi connectivity index (χ4v) is 2.76. The van der Waals surface area contributed by atoms with Crippen LogP contribution in [0.15, 0.2) is 46.9 Å². The number of carboxylic acid groups (broad SMARTS) is 1. The molecule has 0 aliphatic carbocycles. The van der Waals surface area contributed by atoms with Crippen LogP contribution in [0.2, 0.25) is 0 Å². The summed E-state index contributed by atoms with van der Waals surface area (Å²) in [6.07, 6.45) is 1.28. The molecule has 26 heavy (non-hydrogen) atoms. The van der Waals surface area contributed by atoms with Crippen LogP contribution in [0.3, 0.4) is 0 Å². The second-order valence-electron chi connectivity index (χ2n) is 5.16. The molecule has 1 heterocycles. The van der Waals surface area contributed by atoms with Gasteiger partial charge in [0.1, 0.15) is 0 Å². The molecule has 0 aliphatic rings. The predicted octanol–water partition coefficient (Wildman–Crippen LogP) is 3.07. The SMILES string of the molecule is O=C(O)c1ccc(-c2csc(N/N=C/c3ccc(O)c(O)c3O)n2)cc1. The zero-order valence-electron chi connectivity index (χ0n) is 13.1. The van der Waals surface area contributed by atoms with E-state index in [0.29, 0.717) is 10.8 Å². The Labute approximate surface area is 151 Å². The number of benzene rings is 2. The zero-order chi connectivity index (χ0) is 18.7. The Morgan fingerprint density at radius 3 is 2.50 bits per heavy atom. The Balaban J connectivity index is 1.71. The molecule has 5 N–H and O–H groups in total. The summed E-state index contributed by atoms with van der Waals surface area (Å²) in [5, 5.41) is 43.6. The van der Waals surface area contributed by atoms with Gasteiger partial charge in [0.05, 0.1) is 17.5 Å². The van der Waals surface area contributed by atoms with E-state index in [-0.39, 0.29) is 11.1 Å². The molecule has 0 saturated carbocycles. The van der Waals surface area contributed by atoms with Gasteiger partial charge in [0, 0.05) is 16.5 Å². The number of nitrogens with one attached hydrogen (secondary N) is 1. The van der Waals surface area contributed by atoms with Crippen molar-refractivity contribution in [3.8, 4) is 28.5 Å². The number of hydrazone groups is 1. The molecule has 0 bridgehead atoms. The summed E-state index contributed by atoms with van der Waals surface area (Å²) in [5.41, 5.74) is 4.55. The van der Waals surface area contributed by atoms with Gasteiger partial charge < -0.3 is 20.4 Å². The van der Waals surface area contributed by atoms with E-state index in [1.807, 2.05) is 0 Å². The van der Waals surface area contributed by atoms with E-state index in [9.17, 15) is 20.1 Å². The quantitative estimate of drug-likeness (QED) is 0.264. The molecule has 0 radical (unpaired) electrons. The van der Waals surface area contributed by atoms with Crippen LogP contribution in [0.25, 0.3) is 11.3 Å². The van der Waals surface area contributed by atoms with Crippen molar-refractivity contribution in [3.05, 3.63) is 52.9 Å². The number of hydrogen-bond donors (Lipinski definition) is 5. The van der Waals surface area contributed by atoms with Crippen LogP contribution in [-0.4, -0.2) is 37.6 Å². The Morgan fingerprint density at radius 2 is 1.81 bits per heavy atom. The Kier molecular flexibility index (Phi) is 4.72. The molecule has 132 valence electrons. The average Bonchev–Trinajstić information content (AvgIpc) is 3.11. The van der Waals surface area contributed by atoms with Crippen molar-refractivity contribution < 1.29 is 25.2 Å². The molecular weight excluding hydrogens is 358 g/mol. The number of anilines is 1. The van der Waals surface area contributed by atoms with Gasteiger partial charge in [-0.2, -0.15) is 5.10 Å². The van der Waals surface area contributed by atoms with Crippen LogP contribution in [0, 0.1) is 0 Å². The monoisotopic (exact) mass is 371 g/mol. The van der Waals surface area contributed by atoms with Crippen molar-refractivity contribution in [3.63, 3.8) is 0 Å². The molecule has 0 spiro atoms.